The van der Waals surface area contributed by atoms with Crippen molar-refractivity contribution in [1.82, 2.24) is 15.1 Å². The number of urea groups is 1. The second-order valence-corrected chi connectivity index (χ2v) is 4.76. The van der Waals surface area contributed by atoms with Gasteiger partial charge >= 0.3 is 12.0 Å². The summed E-state index contributed by atoms with van der Waals surface area (Å²) in [5, 5.41) is 19.8. The Hall–Kier alpha value is -2.16. The Labute approximate surface area is 121 Å². The zero-order valence-electron chi connectivity index (χ0n) is 11.7. The first-order chi connectivity index (χ1) is 9.86. The Balaban J connectivity index is 2.35. The van der Waals surface area contributed by atoms with Crippen LogP contribution in [0, 0.1) is 0 Å². The van der Waals surface area contributed by atoms with Gasteiger partial charge < -0.3 is 20.4 Å². The Morgan fingerprint density at radius 3 is 2.52 bits per heavy atom. The molecule has 3 N–H and O–H groups in total. The minimum Gasteiger partial charge on any atom is -0.480 e. The molecule has 0 aromatic heterocycles. The van der Waals surface area contributed by atoms with E-state index in [2.05, 4.69) is 5.32 Å². The highest BCUT2D eigenvalue weighted by Gasteiger charge is 2.32. The van der Waals surface area contributed by atoms with Crippen molar-refractivity contribution in [3.05, 3.63) is 0 Å². The van der Waals surface area contributed by atoms with Gasteiger partial charge in [0.15, 0.2) is 0 Å². The number of hydrogen-bond acceptors (Lipinski definition) is 5. The number of carbonyl (C=O) groups is 4. The first kappa shape index (κ1) is 16.9. The molecule has 0 unspecified atom stereocenters. The number of imide groups is 1. The number of nitrogens with one attached hydrogen (secondary N) is 1. The van der Waals surface area contributed by atoms with E-state index >= 15 is 0 Å². The van der Waals surface area contributed by atoms with Crippen molar-refractivity contribution < 1.29 is 29.4 Å². The molecule has 9 heteroatoms. The lowest BCUT2D eigenvalue weighted by atomic mass is 10.2. The minimum atomic E-state index is -1.22. The van der Waals surface area contributed by atoms with Gasteiger partial charge in [-0.2, -0.15) is 0 Å². The van der Waals surface area contributed by atoms with Crippen LogP contribution in [0.5, 0.6) is 0 Å². The predicted molar refractivity (Wildman–Crippen MR) is 70.2 cm³/mol. The van der Waals surface area contributed by atoms with Gasteiger partial charge in [0.05, 0.1) is 0 Å². The predicted octanol–water partition coefficient (Wildman–Crippen LogP) is -1.39. The molecule has 1 aliphatic rings. The number of aliphatic hydroxyl groups excluding tert-OH is 1. The smallest absolute Gasteiger partial charge is 0.326 e. The van der Waals surface area contributed by atoms with E-state index in [1.165, 1.54) is 11.9 Å². The summed E-state index contributed by atoms with van der Waals surface area (Å²) in [5.41, 5.74) is 0. The fourth-order valence-corrected chi connectivity index (χ4v) is 1.94. The van der Waals surface area contributed by atoms with Crippen LogP contribution in [0.25, 0.3) is 0 Å². The van der Waals surface area contributed by atoms with Crippen LogP contribution in [0.4, 0.5) is 4.79 Å². The molecule has 1 atom stereocenters. The molecule has 0 radical (unpaired) electrons. The number of likely N-dealkylation sites (N-methyl/N-ethyl adjacent to an activating group) is 1. The number of carbonyl (C=O) groups excluding carboxylic acids is 3. The van der Waals surface area contributed by atoms with Crippen molar-refractivity contribution in [3.63, 3.8) is 0 Å². The van der Waals surface area contributed by atoms with Crippen molar-refractivity contribution in [3.8, 4) is 0 Å². The number of amides is 4. The highest BCUT2D eigenvalue weighted by Crippen LogP contribution is 2.09. The van der Waals surface area contributed by atoms with E-state index in [1.807, 2.05) is 0 Å². The van der Waals surface area contributed by atoms with Crippen molar-refractivity contribution in [1.29, 1.82) is 0 Å². The van der Waals surface area contributed by atoms with Crippen LogP contribution >= 0.6 is 0 Å². The largest absolute Gasteiger partial charge is 0.480 e. The molecule has 0 aromatic rings. The van der Waals surface area contributed by atoms with Gasteiger partial charge in [-0.15, -0.1) is 0 Å². The van der Waals surface area contributed by atoms with Gasteiger partial charge in [-0.1, -0.05) is 0 Å². The van der Waals surface area contributed by atoms with E-state index in [9.17, 15) is 19.2 Å². The average molecular weight is 301 g/mol. The summed E-state index contributed by atoms with van der Waals surface area (Å²) in [6.07, 6.45) is 0.174. The molecule has 9 nitrogen and oxygen atoms in total. The molecule has 0 aliphatic carbocycles. The molecule has 21 heavy (non-hydrogen) atoms. The standard InChI is InChI=1S/C12H19N3O6/c1-14-7-10(18)15(12(14)21)5-2-3-9(17)13-8(4-6-16)11(19)20/h8,16H,2-7H2,1H3,(H,13,17)(H,19,20)/t8-/m1/s1. The van der Waals surface area contributed by atoms with Gasteiger partial charge in [0.2, 0.25) is 11.8 Å². The van der Waals surface area contributed by atoms with Crippen molar-refractivity contribution in [2.75, 3.05) is 26.7 Å². The van der Waals surface area contributed by atoms with Gasteiger partial charge in [-0.05, 0) is 6.42 Å². The molecule has 0 saturated carbocycles. The zero-order valence-corrected chi connectivity index (χ0v) is 11.7. The SMILES string of the molecule is CN1CC(=O)N(CCCC(=O)N[C@H](CCO)C(=O)O)C1=O. The summed E-state index contributed by atoms with van der Waals surface area (Å²) in [5.74, 6) is -2.03. The summed E-state index contributed by atoms with van der Waals surface area (Å²) in [7, 11) is 1.51. The quantitative estimate of drug-likeness (QED) is 0.474. The fourth-order valence-electron chi connectivity index (χ4n) is 1.94. The molecule has 1 rings (SSSR count). The van der Waals surface area contributed by atoms with Crippen LogP contribution in [0.3, 0.4) is 0 Å². The topological polar surface area (TPSA) is 127 Å². The summed E-state index contributed by atoms with van der Waals surface area (Å²) in [4.78, 5) is 47.8. The van der Waals surface area contributed by atoms with Crippen LogP contribution in [0.15, 0.2) is 0 Å². The zero-order chi connectivity index (χ0) is 16.0. The fraction of sp³-hybridized carbons (Fsp3) is 0.667. The molecular weight excluding hydrogens is 282 g/mol. The third kappa shape index (κ3) is 4.71. The molecule has 0 spiro atoms. The Morgan fingerprint density at radius 1 is 1.38 bits per heavy atom. The summed E-state index contributed by atoms with van der Waals surface area (Å²) >= 11 is 0. The summed E-state index contributed by atoms with van der Waals surface area (Å²) in [6.45, 7) is -0.198. The molecule has 1 aliphatic heterocycles. The van der Waals surface area contributed by atoms with Gasteiger partial charge in [0, 0.05) is 33.0 Å². The molecule has 1 heterocycles. The van der Waals surface area contributed by atoms with E-state index in [-0.39, 0.29) is 44.9 Å². The highest BCUT2D eigenvalue weighted by molar-refractivity contribution is 6.01. The van der Waals surface area contributed by atoms with E-state index in [4.69, 9.17) is 10.2 Å². The number of rotatable bonds is 8. The first-order valence-electron chi connectivity index (χ1n) is 6.55. The summed E-state index contributed by atoms with van der Waals surface area (Å²) in [6, 6.07) is -1.53. The van der Waals surface area contributed by atoms with Gasteiger partial charge in [-0.3, -0.25) is 14.5 Å². The van der Waals surface area contributed by atoms with E-state index in [0.29, 0.717) is 0 Å². The lowest BCUT2D eigenvalue weighted by Crippen LogP contribution is -2.41. The second-order valence-electron chi connectivity index (χ2n) is 4.76. The van der Waals surface area contributed by atoms with Crippen LogP contribution in [-0.4, -0.2) is 76.6 Å². The maximum Gasteiger partial charge on any atom is 0.326 e. The van der Waals surface area contributed by atoms with E-state index < -0.39 is 23.9 Å². The third-order valence-electron chi connectivity index (χ3n) is 3.07. The number of hydrogen-bond donors (Lipinski definition) is 3. The molecular formula is C12H19N3O6. The lowest BCUT2D eigenvalue weighted by Gasteiger charge is -2.15. The monoisotopic (exact) mass is 301 g/mol. The number of aliphatic carboxylic acids is 1. The molecule has 0 aromatic carbocycles. The third-order valence-corrected chi connectivity index (χ3v) is 3.07. The van der Waals surface area contributed by atoms with Crippen LogP contribution in [0.1, 0.15) is 19.3 Å². The van der Waals surface area contributed by atoms with Gasteiger partial charge in [0.1, 0.15) is 12.6 Å². The molecule has 1 fully saturated rings. The van der Waals surface area contributed by atoms with Crippen molar-refractivity contribution in [2.45, 2.75) is 25.3 Å². The number of nitrogens with zero attached hydrogens (tertiary/aromatic N) is 2. The second kappa shape index (κ2) is 7.58. The normalized spacial score (nSPS) is 16.3. The molecule has 0 bridgehead atoms. The average Bonchev–Trinajstić information content (AvgIpc) is 2.64. The minimum absolute atomic E-state index is 0.00399. The Kier molecular flexibility index (Phi) is 6.10. The molecule has 4 amide bonds. The van der Waals surface area contributed by atoms with Crippen LogP contribution in [-0.2, 0) is 14.4 Å². The van der Waals surface area contributed by atoms with Crippen molar-refractivity contribution in [2.24, 2.45) is 0 Å². The maximum absolute atomic E-state index is 11.6. The molecule has 1 saturated heterocycles. The Bertz CT molecular complexity index is 439. The number of carboxylic acids is 1. The van der Waals surface area contributed by atoms with Crippen LogP contribution in [0.2, 0.25) is 0 Å². The lowest BCUT2D eigenvalue weighted by molar-refractivity contribution is -0.142. The van der Waals surface area contributed by atoms with Gasteiger partial charge in [-0.25, -0.2) is 9.59 Å². The van der Waals surface area contributed by atoms with E-state index in [1.54, 1.807) is 0 Å². The maximum atomic E-state index is 11.6. The van der Waals surface area contributed by atoms with Gasteiger partial charge in [0.25, 0.3) is 0 Å². The Morgan fingerprint density at radius 2 is 2.05 bits per heavy atom. The van der Waals surface area contributed by atoms with Crippen molar-refractivity contribution >= 4 is 23.8 Å². The number of carboxylic acid groups (broad SMARTS) is 1. The van der Waals surface area contributed by atoms with Crippen LogP contribution < -0.4 is 5.32 Å². The number of aliphatic hydroxyl groups is 1. The van der Waals surface area contributed by atoms with E-state index in [0.717, 1.165) is 4.90 Å². The first-order valence-corrected chi connectivity index (χ1v) is 6.55. The molecule has 118 valence electrons. The highest BCUT2D eigenvalue weighted by atomic mass is 16.4. The summed E-state index contributed by atoms with van der Waals surface area (Å²) < 4.78 is 0.